The highest BCUT2D eigenvalue weighted by Crippen LogP contribution is 2.38. The van der Waals surface area contributed by atoms with Crippen molar-refractivity contribution in [2.75, 3.05) is 6.54 Å². The van der Waals surface area contributed by atoms with Gasteiger partial charge in [-0.05, 0) is 30.5 Å². The average Bonchev–Trinajstić information content (AvgIpc) is 3.13. The van der Waals surface area contributed by atoms with Crippen molar-refractivity contribution >= 4 is 17.6 Å². The van der Waals surface area contributed by atoms with Gasteiger partial charge in [-0.1, -0.05) is 78.9 Å². The van der Waals surface area contributed by atoms with Gasteiger partial charge in [0.05, 0.1) is 0 Å². The van der Waals surface area contributed by atoms with Crippen LogP contribution in [0.25, 0.3) is 0 Å². The summed E-state index contributed by atoms with van der Waals surface area (Å²) in [6.45, 7) is 0.0144. The fraction of sp³-hybridized carbons (Fsp3) is 0.192. The molecule has 0 fully saturated rings. The van der Waals surface area contributed by atoms with Crippen LogP contribution in [-0.2, 0) is 11.2 Å². The molecule has 1 aliphatic rings. The highest BCUT2D eigenvalue weighted by Gasteiger charge is 2.67. The third-order valence-corrected chi connectivity index (χ3v) is 5.55. The largest absolute Gasteiger partial charge is 0.442 e. The number of amidine groups is 1. The number of nitrogens with zero attached hydrogens (tertiary/aromatic N) is 2. The summed E-state index contributed by atoms with van der Waals surface area (Å²) in [5, 5.41) is 1.89. The van der Waals surface area contributed by atoms with Crippen LogP contribution in [0.15, 0.2) is 96.0 Å². The minimum atomic E-state index is -5.15. The Morgan fingerprint density at radius 1 is 0.882 bits per heavy atom. The molecule has 8 heteroatoms. The quantitative estimate of drug-likeness (QED) is 0.555. The molecule has 5 nitrogen and oxygen atoms in total. The van der Waals surface area contributed by atoms with Crippen molar-refractivity contribution in [3.63, 3.8) is 0 Å². The van der Waals surface area contributed by atoms with E-state index in [1.165, 1.54) is 24.3 Å². The fourth-order valence-electron chi connectivity index (χ4n) is 3.82. The molecule has 1 aliphatic heterocycles. The molecule has 1 heterocycles. The third-order valence-electron chi connectivity index (χ3n) is 5.55. The van der Waals surface area contributed by atoms with Gasteiger partial charge in [0, 0.05) is 17.7 Å². The number of aliphatic imine (C=N–C) groups is 1. The predicted octanol–water partition coefficient (Wildman–Crippen LogP) is 4.60. The normalized spacial score (nSPS) is 18.0. The monoisotopic (exact) mass is 465 g/mol. The summed E-state index contributed by atoms with van der Waals surface area (Å²) in [5.41, 5.74) is -2.04. The van der Waals surface area contributed by atoms with Gasteiger partial charge in [-0.2, -0.15) is 13.2 Å². The lowest BCUT2D eigenvalue weighted by atomic mass is 10.1. The molecule has 0 aromatic heterocycles. The Bertz CT molecular complexity index is 1180. The van der Waals surface area contributed by atoms with Crippen LogP contribution < -0.4 is 5.32 Å². The van der Waals surface area contributed by atoms with Crippen LogP contribution >= 0.6 is 0 Å². The molecular formula is C26H22F3N3O2. The van der Waals surface area contributed by atoms with Crippen LogP contribution in [-0.4, -0.2) is 40.9 Å². The number of hydrogen-bond acceptors (Lipinski definition) is 3. The number of carbonyl (C=O) groups excluding carboxylic acids is 2. The maximum absolute atomic E-state index is 14.4. The van der Waals surface area contributed by atoms with E-state index < -0.39 is 23.7 Å². The zero-order valence-electron chi connectivity index (χ0n) is 18.1. The average molecular weight is 465 g/mol. The van der Waals surface area contributed by atoms with Crippen molar-refractivity contribution < 1.29 is 22.8 Å². The van der Waals surface area contributed by atoms with E-state index in [1.807, 2.05) is 35.6 Å². The second-order valence-electron chi connectivity index (χ2n) is 7.88. The molecule has 2 amide bonds. The lowest BCUT2D eigenvalue weighted by molar-refractivity contribution is -0.196. The lowest BCUT2D eigenvalue weighted by Gasteiger charge is -2.29. The van der Waals surface area contributed by atoms with E-state index in [0.29, 0.717) is 18.4 Å². The summed E-state index contributed by atoms with van der Waals surface area (Å²) in [6, 6.07) is 25.1. The van der Waals surface area contributed by atoms with Crippen LogP contribution in [0.3, 0.4) is 0 Å². The van der Waals surface area contributed by atoms with Gasteiger partial charge in [-0.3, -0.25) is 14.5 Å². The summed E-state index contributed by atoms with van der Waals surface area (Å²) in [5.74, 6) is -2.48. The molecule has 0 saturated heterocycles. The summed E-state index contributed by atoms with van der Waals surface area (Å²) >= 11 is 0. The van der Waals surface area contributed by atoms with E-state index in [0.717, 1.165) is 10.5 Å². The SMILES string of the molecule is O=C(N[C@@]1(C(F)(F)F)N=C(c2ccccc2)N(CCCc2ccccc2)C1=O)c1ccccc1. The number of aryl methyl sites for hydroxylation is 1. The Hall–Kier alpha value is -3.94. The molecule has 0 saturated carbocycles. The number of amides is 2. The van der Waals surface area contributed by atoms with E-state index in [1.54, 1.807) is 36.4 Å². The third kappa shape index (κ3) is 4.57. The van der Waals surface area contributed by atoms with Crippen LogP contribution in [0.2, 0.25) is 0 Å². The molecule has 4 rings (SSSR count). The first kappa shape index (κ1) is 23.2. The van der Waals surface area contributed by atoms with E-state index in [4.69, 9.17) is 0 Å². The Morgan fingerprint density at radius 3 is 2.03 bits per heavy atom. The van der Waals surface area contributed by atoms with Gasteiger partial charge in [0.15, 0.2) is 0 Å². The summed E-state index contributed by atoms with van der Waals surface area (Å²) in [7, 11) is 0. The molecule has 0 spiro atoms. The van der Waals surface area contributed by atoms with E-state index >= 15 is 0 Å². The van der Waals surface area contributed by atoms with Crippen molar-refractivity contribution in [2.45, 2.75) is 24.7 Å². The number of alkyl halides is 3. The van der Waals surface area contributed by atoms with E-state index in [9.17, 15) is 22.8 Å². The first-order valence-corrected chi connectivity index (χ1v) is 10.8. The zero-order chi connectivity index (χ0) is 24.2. The standard InChI is InChI=1S/C26H22F3N3O2/c27-26(28,29)25(31-23(33)21-16-8-3-9-17-21)24(34)32(18-10-13-19-11-4-1-5-12-19)22(30-25)20-14-6-2-7-15-20/h1-9,11-12,14-17H,10,13,18H2,(H,31,33)/t25-/m0/s1. The minimum absolute atomic E-state index is 0.00193. The molecule has 34 heavy (non-hydrogen) atoms. The molecule has 0 bridgehead atoms. The molecule has 0 radical (unpaired) electrons. The van der Waals surface area contributed by atoms with Gasteiger partial charge in [0.25, 0.3) is 11.8 Å². The smallest absolute Gasteiger partial charge is 0.312 e. The number of carbonyl (C=O) groups is 2. The van der Waals surface area contributed by atoms with Gasteiger partial charge in [-0.25, -0.2) is 4.99 Å². The summed E-state index contributed by atoms with van der Waals surface area (Å²) < 4.78 is 43.3. The van der Waals surface area contributed by atoms with Crippen molar-refractivity contribution in [1.82, 2.24) is 10.2 Å². The van der Waals surface area contributed by atoms with Crippen molar-refractivity contribution in [3.8, 4) is 0 Å². The second-order valence-corrected chi connectivity index (χ2v) is 7.88. The van der Waals surface area contributed by atoms with E-state index in [-0.39, 0.29) is 17.9 Å². The van der Waals surface area contributed by atoms with Gasteiger partial charge in [0.1, 0.15) is 5.84 Å². The van der Waals surface area contributed by atoms with Crippen LogP contribution in [0.5, 0.6) is 0 Å². The highest BCUT2D eigenvalue weighted by atomic mass is 19.4. The highest BCUT2D eigenvalue weighted by molar-refractivity contribution is 6.16. The zero-order valence-corrected chi connectivity index (χ0v) is 18.1. The van der Waals surface area contributed by atoms with Crippen LogP contribution in [0.4, 0.5) is 13.2 Å². The molecule has 1 atom stereocenters. The second kappa shape index (κ2) is 9.51. The van der Waals surface area contributed by atoms with Gasteiger partial charge in [-0.15, -0.1) is 0 Å². The number of halogens is 3. The molecule has 174 valence electrons. The van der Waals surface area contributed by atoms with Gasteiger partial charge in [0.2, 0.25) is 0 Å². The molecule has 3 aromatic carbocycles. The van der Waals surface area contributed by atoms with Crippen molar-refractivity contribution in [2.24, 2.45) is 4.99 Å². The molecule has 0 unspecified atom stereocenters. The Balaban J connectivity index is 1.68. The number of nitrogens with one attached hydrogen (secondary N) is 1. The predicted molar refractivity (Wildman–Crippen MR) is 122 cm³/mol. The Labute approximate surface area is 194 Å². The lowest BCUT2D eigenvalue weighted by Crippen LogP contribution is -2.63. The molecule has 3 aromatic rings. The minimum Gasteiger partial charge on any atom is -0.312 e. The van der Waals surface area contributed by atoms with Crippen LogP contribution in [0.1, 0.15) is 27.9 Å². The number of hydrogen-bond donors (Lipinski definition) is 1. The first-order valence-electron chi connectivity index (χ1n) is 10.8. The van der Waals surface area contributed by atoms with Crippen molar-refractivity contribution in [3.05, 3.63) is 108 Å². The molecule has 1 N–H and O–H groups in total. The van der Waals surface area contributed by atoms with E-state index in [2.05, 4.69) is 4.99 Å². The number of rotatable bonds is 7. The maximum Gasteiger partial charge on any atom is 0.442 e. The number of benzene rings is 3. The maximum atomic E-state index is 14.4. The Morgan fingerprint density at radius 2 is 1.44 bits per heavy atom. The van der Waals surface area contributed by atoms with Crippen LogP contribution in [0, 0.1) is 0 Å². The van der Waals surface area contributed by atoms with Crippen molar-refractivity contribution in [1.29, 1.82) is 0 Å². The summed E-state index contributed by atoms with van der Waals surface area (Å²) in [4.78, 5) is 30.9. The molecular weight excluding hydrogens is 443 g/mol. The fourth-order valence-corrected chi connectivity index (χ4v) is 3.82. The van der Waals surface area contributed by atoms with Gasteiger partial charge >= 0.3 is 11.8 Å². The first-order chi connectivity index (χ1) is 16.3. The topological polar surface area (TPSA) is 61.8 Å². The Kier molecular flexibility index (Phi) is 6.49. The molecule has 0 aliphatic carbocycles. The van der Waals surface area contributed by atoms with Gasteiger partial charge < -0.3 is 5.32 Å². The summed E-state index contributed by atoms with van der Waals surface area (Å²) in [6.07, 6.45) is -4.16.